The molecule has 1 N–H and O–H groups in total. The van der Waals surface area contributed by atoms with Crippen LogP contribution in [0.25, 0.3) is 22.2 Å². The number of nitriles is 1. The molecule has 2 aliphatic rings. The number of hydrogen-bond donors (Lipinski definition) is 1. The topological polar surface area (TPSA) is 90.6 Å². The molecule has 1 saturated carbocycles. The van der Waals surface area contributed by atoms with Gasteiger partial charge in [-0.2, -0.15) is 10.4 Å². The predicted molar refractivity (Wildman–Crippen MR) is 96.0 cm³/mol. The molecule has 2 fully saturated rings. The van der Waals surface area contributed by atoms with Crippen LogP contribution in [-0.4, -0.2) is 32.2 Å². The second-order valence-corrected chi connectivity index (χ2v) is 7.26. The average molecular weight is 346 g/mol. The first-order valence-electron chi connectivity index (χ1n) is 8.82. The van der Waals surface area contributed by atoms with E-state index in [0.29, 0.717) is 13.0 Å². The molecule has 7 nitrogen and oxygen atoms in total. The normalized spacial score (nSPS) is 22.9. The van der Waals surface area contributed by atoms with Gasteiger partial charge in [-0.1, -0.05) is 0 Å². The minimum absolute atomic E-state index is 0.0600. The number of aromatic amines is 1. The lowest BCUT2D eigenvalue weighted by molar-refractivity contribution is -0.123. The second kappa shape index (κ2) is 5.18. The Balaban J connectivity index is 1.57. The maximum atomic E-state index is 13.1. The molecule has 3 aromatic heterocycles. The number of hydrogen-bond acceptors (Lipinski definition) is 4. The quantitative estimate of drug-likeness (QED) is 0.789. The Hall–Kier alpha value is -3.14. The lowest BCUT2D eigenvalue weighted by Gasteiger charge is -2.20. The molecule has 1 aliphatic carbocycles. The van der Waals surface area contributed by atoms with Crippen LogP contribution in [0.4, 0.5) is 5.69 Å². The molecule has 130 valence electrons. The van der Waals surface area contributed by atoms with Crippen LogP contribution in [0, 0.1) is 22.7 Å². The second-order valence-electron chi connectivity index (χ2n) is 7.26. The molecule has 7 heteroatoms. The first-order valence-corrected chi connectivity index (χ1v) is 8.82. The summed E-state index contributed by atoms with van der Waals surface area (Å²) in [6, 6.07) is 4.37. The smallest absolute Gasteiger partial charge is 0.247 e. The van der Waals surface area contributed by atoms with Crippen molar-refractivity contribution in [2.24, 2.45) is 18.4 Å². The predicted octanol–water partition coefficient (Wildman–Crippen LogP) is 2.62. The lowest BCUT2D eigenvalue weighted by Crippen LogP contribution is -2.35. The summed E-state index contributed by atoms with van der Waals surface area (Å²) in [7, 11) is 1.87. The Morgan fingerprint density at radius 3 is 2.88 bits per heavy atom. The standard InChI is InChI=1S/C19H18N6O/c1-24-10-13(8-23-24)12-6-15-16(9-22-17(15)21-7-12)25-5-4-19(11-20,18(25)26)14-2-3-14/h6-10,14H,2-5H2,1H3,(H,21,22)/t19-/m1/s1. The van der Waals surface area contributed by atoms with E-state index in [1.54, 1.807) is 22.0 Å². The first kappa shape index (κ1) is 15.1. The molecular formula is C19H18N6O. The van der Waals surface area contributed by atoms with Crippen molar-refractivity contribution in [3.05, 3.63) is 30.9 Å². The number of aryl methyl sites for hydroxylation is 1. The molecule has 1 atom stereocenters. The number of carbonyl (C=O) groups excluding carboxylic acids is 1. The third-order valence-electron chi connectivity index (χ3n) is 5.67. The van der Waals surface area contributed by atoms with Gasteiger partial charge in [0.15, 0.2) is 0 Å². The van der Waals surface area contributed by atoms with Gasteiger partial charge in [-0.05, 0) is 31.2 Å². The van der Waals surface area contributed by atoms with Crippen LogP contribution in [0.1, 0.15) is 19.3 Å². The number of nitrogens with zero attached hydrogens (tertiary/aromatic N) is 5. The van der Waals surface area contributed by atoms with Gasteiger partial charge in [0.1, 0.15) is 11.1 Å². The Bertz CT molecular complexity index is 1070. The summed E-state index contributed by atoms with van der Waals surface area (Å²) in [6.07, 6.45) is 9.92. The van der Waals surface area contributed by atoms with E-state index in [9.17, 15) is 10.1 Å². The summed E-state index contributed by atoms with van der Waals surface area (Å²) < 4.78 is 1.75. The van der Waals surface area contributed by atoms with Gasteiger partial charge in [0.2, 0.25) is 5.91 Å². The zero-order valence-corrected chi connectivity index (χ0v) is 14.4. The van der Waals surface area contributed by atoms with Crippen molar-refractivity contribution in [3.8, 4) is 17.2 Å². The van der Waals surface area contributed by atoms with Crippen molar-refractivity contribution in [3.63, 3.8) is 0 Å². The number of amides is 1. The molecule has 1 aliphatic heterocycles. The van der Waals surface area contributed by atoms with Crippen LogP contribution in [0.15, 0.2) is 30.9 Å². The number of fused-ring (bicyclic) bond motifs is 1. The molecule has 0 spiro atoms. The summed E-state index contributed by atoms with van der Waals surface area (Å²) in [5, 5.41) is 14.8. The zero-order valence-electron chi connectivity index (χ0n) is 14.4. The number of rotatable bonds is 3. The maximum Gasteiger partial charge on any atom is 0.247 e. The van der Waals surface area contributed by atoms with Crippen LogP contribution in [-0.2, 0) is 11.8 Å². The van der Waals surface area contributed by atoms with Gasteiger partial charge in [-0.15, -0.1) is 0 Å². The molecular weight excluding hydrogens is 328 g/mol. The van der Waals surface area contributed by atoms with Crippen molar-refractivity contribution in [2.75, 3.05) is 11.4 Å². The van der Waals surface area contributed by atoms with Crippen molar-refractivity contribution in [1.29, 1.82) is 5.26 Å². The number of anilines is 1. The van der Waals surface area contributed by atoms with E-state index in [0.717, 1.165) is 40.7 Å². The summed E-state index contributed by atoms with van der Waals surface area (Å²) in [4.78, 5) is 22.5. The SMILES string of the molecule is Cn1cc(-c2cnc3[nH]cc(N4CC[C@@](C#N)(C5CC5)C4=O)c3c2)cn1. The van der Waals surface area contributed by atoms with Gasteiger partial charge < -0.3 is 9.88 Å². The third-order valence-corrected chi connectivity index (χ3v) is 5.67. The molecule has 4 heterocycles. The molecule has 1 amide bonds. The van der Waals surface area contributed by atoms with Gasteiger partial charge in [-0.3, -0.25) is 9.48 Å². The largest absolute Gasteiger partial charge is 0.344 e. The van der Waals surface area contributed by atoms with Crippen LogP contribution in [0.2, 0.25) is 0 Å². The Kier molecular flexibility index (Phi) is 3.02. The van der Waals surface area contributed by atoms with E-state index in [-0.39, 0.29) is 11.8 Å². The summed E-state index contributed by atoms with van der Waals surface area (Å²) in [5.41, 5.74) is 2.64. The van der Waals surface area contributed by atoms with Gasteiger partial charge in [0.05, 0.1) is 18.0 Å². The van der Waals surface area contributed by atoms with E-state index >= 15 is 0 Å². The first-order chi connectivity index (χ1) is 12.6. The van der Waals surface area contributed by atoms with Gasteiger partial charge >= 0.3 is 0 Å². The van der Waals surface area contributed by atoms with E-state index in [4.69, 9.17) is 0 Å². The van der Waals surface area contributed by atoms with E-state index in [1.807, 2.05) is 25.5 Å². The number of carbonyl (C=O) groups is 1. The molecule has 26 heavy (non-hydrogen) atoms. The van der Waals surface area contributed by atoms with E-state index in [2.05, 4.69) is 21.1 Å². The van der Waals surface area contributed by atoms with Crippen LogP contribution < -0.4 is 4.90 Å². The van der Waals surface area contributed by atoms with E-state index < -0.39 is 5.41 Å². The molecule has 0 unspecified atom stereocenters. The van der Waals surface area contributed by atoms with Crippen molar-refractivity contribution in [1.82, 2.24) is 19.7 Å². The lowest BCUT2D eigenvalue weighted by atomic mass is 9.83. The summed E-state index contributed by atoms with van der Waals surface area (Å²) in [5.74, 6) is 0.162. The van der Waals surface area contributed by atoms with Gasteiger partial charge in [0.25, 0.3) is 0 Å². The maximum absolute atomic E-state index is 13.1. The molecule has 0 aromatic carbocycles. The fourth-order valence-electron chi connectivity index (χ4n) is 4.06. The fraction of sp³-hybridized carbons (Fsp3) is 0.368. The molecule has 0 bridgehead atoms. The minimum Gasteiger partial charge on any atom is -0.344 e. The summed E-state index contributed by atoms with van der Waals surface area (Å²) in [6.45, 7) is 0.576. The Labute approximate surface area is 150 Å². The monoisotopic (exact) mass is 346 g/mol. The van der Waals surface area contributed by atoms with Crippen LogP contribution in [0.5, 0.6) is 0 Å². The van der Waals surface area contributed by atoms with Crippen LogP contribution in [0.3, 0.4) is 0 Å². The highest BCUT2D eigenvalue weighted by atomic mass is 16.2. The average Bonchev–Trinajstić information content (AvgIpc) is 3.14. The Morgan fingerprint density at radius 2 is 2.19 bits per heavy atom. The highest BCUT2D eigenvalue weighted by molar-refractivity contribution is 6.08. The molecule has 5 rings (SSSR count). The van der Waals surface area contributed by atoms with Crippen molar-refractivity contribution < 1.29 is 4.79 Å². The molecule has 1 saturated heterocycles. The fourth-order valence-corrected chi connectivity index (χ4v) is 4.06. The number of nitrogens with one attached hydrogen (secondary N) is 1. The van der Waals surface area contributed by atoms with E-state index in [1.165, 1.54) is 0 Å². The number of aromatic nitrogens is 4. The minimum atomic E-state index is -0.835. The van der Waals surface area contributed by atoms with Gasteiger partial charge in [0, 0.05) is 48.7 Å². The van der Waals surface area contributed by atoms with Crippen LogP contribution >= 0.6 is 0 Å². The molecule has 0 radical (unpaired) electrons. The Morgan fingerprint density at radius 1 is 1.35 bits per heavy atom. The highest BCUT2D eigenvalue weighted by Gasteiger charge is 2.57. The van der Waals surface area contributed by atoms with Crippen molar-refractivity contribution >= 4 is 22.6 Å². The number of pyridine rings is 1. The zero-order chi connectivity index (χ0) is 17.9. The third kappa shape index (κ3) is 2.02. The van der Waals surface area contributed by atoms with Gasteiger partial charge in [-0.25, -0.2) is 4.98 Å². The summed E-state index contributed by atoms with van der Waals surface area (Å²) >= 11 is 0. The number of H-pyrrole nitrogens is 1. The molecule has 3 aromatic rings. The van der Waals surface area contributed by atoms with Crippen molar-refractivity contribution in [2.45, 2.75) is 19.3 Å². The highest BCUT2D eigenvalue weighted by Crippen LogP contribution is 2.52.